The van der Waals surface area contributed by atoms with Crippen LogP contribution in [0.1, 0.15) is 49.9 Å². The summed E-state index contributed by atoms with van der Waals surface area (Å²) in [4.78, 5) is 11.7. The van der Waals surface area contributed by atoms with Crippen LogP contribution in [0.4, 0.5) is 0 Å². The van der Waals surface area contributed by atoms with Crippen LogP contribution in [0.15, 0.2) is 24.3 Å². The van der Waals surface area contributed by atoms with Crippen molar-refractivity contribution in [2.75, 3.05) is 13.7 Å². The van der Waals surface area contributed by atoms with E-state index >= 15 is 0 Å². The van der Waals surface area contributed by atoms with E-state index in [0.29, 0.717) is 18.1 Å². The number of nitrogens with one attached hydrogen (secondary N) is 2. The van der Waals surface area contributed by atoms with Crippen LogP contribution in [0.3, 0.4) is 0 Å². The minimum atomic E-state index is -0.157. The van der Waals surface area contributed by atoms with Crippen LogP contribution in [-0.2, 0) is 0 Å². The fraction of sp³-hybridized carbons (Fsp3) is 0.562. The zero-order chi connectivity index (χ0) is 14.8. The monoisotopic (exact) mass is 278 g/mol. The van der Waals surface area contributed by atoms with Gasteiger partial charge in [0.05, 0.1) is 6.61 Å². The number of benzene rings is 1. The predicted molar refractivity (Wildman–Crippen MR) is 81.8 cm³/mol. The number of carbonyl (C=O) groups is 1. The first-order valence-electron chi connectivity index (χ1n) is 7.41. The van der Waals surface area contributed by atoms with Crippen LogP contribution in [0.25, 0.3) is 0 Å². The second-order valence-electron chi connectivity index (χ2n) is 4.96. The standard InChI is InChI=1S/C16H26N2O2/c1-4-6-8-13(5-2)12-20-15-10-7-9-14(11-15)16(19)18-17-3/h7,9-11,13,17H,4-6,8,12H2,1-3H3,(H,18,19). The number of rotatable bonds is 9. The lowest BCUT2D eigenvalue weighted by Gasteiger charge is -2.16. The molecule has 0 saturated heterocycles. The summed E-state index contributed by atoms with van der Waals surface area (Å²) in [5, 5.41) is 0. The average Bonchev–Trinajstić information content (AvgIpc) is 2.48. The summed E-state index contributed by atoms with van der Waals surface area (Å²) in [5.41, 5.74) is 5.77. The molecule has 20 heavy (non-hydrogen) atoms. The van der Waals surface area contributed by atoms with Crippen molar-refractivity contribution < 1.29 is 9.53 Å². The van der Waals surface area contributed by atoms with Gasteiger partial charge in [0.15, 0.2) is 0 Å². The van der Waals surface area contributed by atoms with Crippen molar-refractivity contribution in [1.82, 2.24) is 10.9 Å². The minimum absolute atomic E-state index is 0.157. The van der Waals surface area contributed by atoms with Crippen LogP contribution in [-0.4, -0.2) is 19.6 Å². The van der Waals surface area contributed by atoms with Crippen molar-refractivity contribution in [2.24, 2.45) is 5.92 Å². The number of hydrogen-bond acceptors (Lipinski definition) is 3. The molecule has 0 aliphatic heterocycles. The molecule has 1 rings (SSSR count). The highest BCUT2D eigenvalue weighted by Gasteiger charge is 2.09. The fourth-order valence-electron chi connectivity index (χ4n) is 2.03. The number of unbranched alkanes of at least 4 members (excludes halogenated alkanes) is 1. The zero-order valence-corrected chi connectivity index (χ0v) is 12.7. The van der Waals surface area contributed by atoms with E-state index in [1.165, 1.54) is 19.3 Å². The third-order valence-corrected chi connectivity index (χ3v) is 3.36. The van der Waals surface area contributed by atoms with E-state index in [1.54, 1.807) is 19.2 Å². The van der Waals surface area contributed by atoms with Gasteiger partial charge in [0.1, 0.15) is 5.75 Å². The SMILES string of the molecule is CCCCC(CC)COc1cccc(C(=O)NNC)c1. The molecule has 4 heteroatoms. The van der Waals surface area contributed by atoms with Gasteiger partial charge in [0, 0.05) is 12.6 Å². The van der Waals surface area contributed by atoms with E-state index in [4.69, 9.17) is 4.74 Å². The van der Waals surface area contributed by atoms with Gasteiger partial charge in [-0.15, -0.1) is 0 Å². The topological polar surface area (TPSA) is 50.4 Å². The largest absolute Gasteiger partial charge is 0.493 e. The molecule has 1 aromatic rings. The van der Waals surface area contributed by atoms with Gasteiger partial charge in [-0.1, -0.05) is 39.2 Å². The summed E-state index contributed by atoms with van der Waals surface area (Å²) in [5.74, 6) is 1.18. The van der Waals surface area contributed by atoms with Crippen molar-refractivity contribution in [3.63, 3.8) is 0 Å². The van der Waals surface area contributed by atoms with Crippen molar-refractivity contribution in [3.05, 3.63) is 29.8 Å². The molecule has 1 unspecified atom stereocenters. The third-order valence-electron chi connectivity index (χ3n) is 3.36. The van der Waals surface area contributed by atoms with Crippen LogP contribution >= 0.6 is 0 Å². The number of amides is 1. The minimum Gasteiger partial charge on any atom is -0.493 e. The molecule has 0 aromatic heterocycles. The Morgan fingerprint density at radius 3 is 2.80 bits per heavy atom. The highest BCUT2D eigenvalue weighted by Crippen LogP contribution is 2.17. The Morgan fingerprint density at radius 1 is 1.35 bits per heavy atom. The molecule has 0 bridgehead atoms. The van der Waals surface area contributed by atoms with Crippen LogP contribution < -0.4 is 15.6 Å². The van der Waals surface area contributed by atoms with E-state index in [-0.39, 0.29) is 5.91 Å². The maximum absolute atomic E-state index is 11.7. The normalized spacial score (nSPS) is 11.9. The maximum atomic E-state index is 11.7. The number of hydrazine groups is 1. The summed E-state index contributed by atoms with van der Waals surface area (Å²) in [6, 6.07) is 7.28. The first-order chi connectivity index (χ1) is 9.71. The van der Waals surface area contributed by atoms with Gasteiger partial charge in [-0.2, -0.15) is 0 Å². The molecule has 0 spiro atoms. The van der Waals surface area contributed by atoms with E-state index in [0.717, 1.165) is 12.2 Å². The molecule has 1 atom stereocenters. The number of hydrogen-bond donors (Lipinski definition) is 2. The molecule has 4 nitrogen and oxygen atoms in total. The number of carbonyl (C=O) groups excluding carboxylic acids is 1. The molecule has 0 aliphatic rings. The van der Waals surface area contributed by atoms with Gasteiger partial charge in [0.25, 0.3) is 5.91 Å². The molecule has 0 radical (unpaired) electrons. The summed E-state index contributed by atoms with van der Waals surface area (Å²) in [6.45, 7) is 5.12. The summed E-state index contributed by atoms with van der Waals surface area (Å²) < 4.78 is 5.82. The van der Waals surface area contributed by atoms with Crippen LogP contribution in [0.2, 0.25) is 0 Å². The average molecular weight is 278 g/mol. The molecule has 1 aromatic carbocycles. The maximum Gasteiger partial charge on any atom is 0.265 e. The lowest BCUT2D eigenvalue weighted by Crippen LogP contribution is -2.34. The second kappa shape index (κ2) is 9.37. The third kappa shape index (κ3) is 5.61. The molecular formula is C16H26N2O2. The van der Waals surface area contributed by atoms with E-state index in [2.05, 4.69) is 24.7 Å². The van der Waals surface area contributed by atoms with Crippen LogP contribution in [0, 0.1) is 5.92 Å². The zero-order valence-electron chi connectivity index (χ0n) is 12.7. The Kier molecular flexibility index (Phi) is 7.73. The Bertz CT molecular complexity index is 407. The molecule has 0 fully saturated rings. The Hall–Kier alpha value is -1.55. The van der Waals surface area contributed by atoms with Crippen molar-refractivity contribution in [2.45, 2.75) is 39.5 Å². The molecular weight excluding hydrogens is 252 g/mol. The molecule has 0 saturated carbocycles. The Morgan fingerprint density at radius 2 is 2.15 bits per heavy atom. The molecule has 2 N–H and O–H groups in total. The summed E-state index contributed by atoms with van der Waals surface area (Å²) in [6.07, 6.45) is 4.79. The second-order valence-corrected chi connectivity index (χ2v) is 4.96. The Labute approximate surface area is 121 Å². The first kappa shape index (κ1) is 16.5. The Balaban J connectivity index is 2.55. The van der Waals surface area contributed by atoms with Gasteiger partial charge >= 0.3 is 0 Å². The van der Waals surface area contributed by atoms with Gasteiger partial charge in [-0.25, -0.2) is 5.43 Å². The van der Waals surface area contributed by atoms with Gasteiger partial charge in [0.2, 0.25) is 0 Å². The van der Waals surface area contributed by atoms with Crippen molar-refractivity contribution in [3.8, 4) is 5.75 Å². The van der Waals surface area contributed by atoms with E-state index in [1.807, 2.05) is 12.1 Å². The molecule has 1 amide bonds. The lowest BCUT2D eigenvalue weighted by molar-refractivity contribution is 0.0937. The van der Waals surface area contributed by atoms with Crippen molar-refractivity contribution in [1.29, 1.82) is 0 Å². The predicted octanol–water partition coefficient (Wildman–Crippen LogP) is 3.15. The van der Waals surface area contributed by atoms with E-state index < -0.39 is 0 Å². The summed E-state index contributed by atoms with van der Waals surface area (Å²) in [7, 11) is 1.66. The summed E-state index contributed by atoms with van der Waals surface area (Å²) >= 11 is 0. The van der Waals surface area contributed by atoms with Gasteiger partial charge in [-0.3, -0.25) is 10.2 Å². The van der Waals surface area contributed by atoms with E-state index in [9.17, 15) is 4.79 Å². The first-order valence-corrected chi connectivity index (χ1v) is 7.41. The highest BCUT2D eigenvalue weighted by atomic mass is 16.5. The highest BCUT2D eigenvalue weighted by molar-refractivity contribution is 5.94. The quantitative estimate of drug-likeness (QED) is 0.682. The molecule has 0 heterocycles. The van der Waals surface area contributed by atoms with Gasteiger partial charge in [-0.05, 0) is 30.5 Å². The molecule has 112 valence electrons. The van der Waals surface area contributed by atoms with Crippen LogP contribution in [0.5, 0.6) is 5.75 Å². The van der Waals surface area contributed by atoms with Gasteiger partial charge < -0.3 is 4.74 Å². The fourth-order valence-corrected chi connectivity index (χ4v) is 2.03. The molecule has 0 aliphatic carbocycles. The smallest absolute Gasteiger partial charge is 0.265 e. The number of ether oxygens (including phenoxy) is 1. The van der Waals surface area contributed by atoms with Crippen molar-refractivity contribution >= 4 is 5.91 Å². The lowest BCUT2D eigenvalue weighted by atomic mass is 10.0.